The fourth-order valence-corrected chi connectivity index (χ4v) is 4.48. The van der Waals surface area contributed by atoms with Gasteiger partial charge in [0.25, 0.3) is 5.91 Å². The SMILES string of the molecule is N=C/C(=N\N)c1cncc(C(=O)N2CCc3nc(NC4Cc5ccccc5C4)ncc3C2)c1. The average molecular weight is 441 g/mol. The van der Waals surface area contributed by atoms with Gasteiger partial charge in [0.05, 0.1) is 11.3 Å². The first-order valence-electron chi connectivity index (χ1n) is 10.9. The van der Waals surface area contributed by atoms with Gasteiger partial charge in [0.1, 0.15) is 5.71 Å². The Morgan fingerprint density at radius 3 is 2.64 bits per heavy atom. The summed E-state index contributed by atoms with van der Waals surface area (Å²) in [5.41, 5.74) is 5.91. The highest BCUT2D eigenvalue weighted by Crippen LogP contribution is 2.25. The first-order valence-corrected chi connectivity index (χ1v) is 10.9. The molecule has 0 spiro atoms. The summed E-state index contributed by atoms with van der Waals surface area (Å²) in [6.07, 6.45) is 8.50. The molecule has 0 atom stereocenters. The van der Waals surface area contributed by atoms with E-state index in [1.54, 1.807) is 11.0 Å². The molecule has 0 saturated heterocycles. The number of hydrazone groups is 1. The van der Waals surface area contributed by atoms with Gasteiger partial charge in [-0.25, -0.2) is 9.97 Å². The predicted octanol–water partition coefficient (Wildman–Crippen LogP) is 1.96. The van der Waals surface area contributed by atoms with E-state index in [-0.39, 0.29) is 11.6 Å². The fraction of sp³-hybridized carbons (Fsp3) is 0.250. The van der Waals surface area contributed by atoms with Crippen LogP contribution in [0.4, 0.5) is 5.95 Å². The van der Waals surface area contributed by atoms with Crippen LogP contribution in [0.5, 0.6) is 0 Å². The largest absolute Gasteiger partial charge is 0.351 e. The van der Waals surface area contributed by atoms with Gasteiger partial charge in [-0.1, -0.05) is 24.3 Å². The minimum absolute atomic E-state index is 0.137. The molecule has 33 heavy (non-hydrogen) atoms. The molecule has 0 unspecified atom stereocenters. The summed E-state index contributed by atoms with van der Waals surface area (Å²) in [4.78, 5) is 28.2. The third-order valence-corrected chi connectivity index (χ3v) is 6.16. The van der Waals surface area contributed by atoms with E-state index < -0.39 is 0 Å². The maximum absolute atomic E-state index is 13.1. The van der Waals surface area contributed by atoms with E-state index in [9.17, 15) is 4.79 Å². The molecular weight excluding hydrogens is 416 g/mol. The molecule has 0 fully saturated rings. The van der Waals surface area contributed by atoms with E-state index in [2.05, 4.69) is 44.7 Å². The van der Waals surface area contributed by atoms with Crippen molar-refractivity contribution in [1.82, 2.24) is 19.9 Å². The van der Waals surface area contributed by atoms with Gasteiger partial charge in [0, 0.05) is 61.5 Å². The first-order chi connectivity index (χ1) is 16.1. The van der Waals surface area contributed by atoms with Crippen molar-refractivity contribution in [3.05, 3.63) is 82.4 Å². The molecule has 2 aromatic heterocycles. The molecule has 9 heteroatoms. The number of benzene rings is 1. The van der Waals surface area contributed by atoms with Gasteiger partial charge in [0.15, 0.2) is 0 Å². The number of fused-ring (bicyclic) bond motifs is 2. The van der Waals surface area contributed by atoms with Crippen molar-refractivity contribution in [2.75, 3.05) is 11.9 Å². The molecule has 0 bridgehead atoms. The second kappa shape index (κ2) is 8.78. The number of anilines is 1. The molecule has 1 aliphatic heterocycles. The fourth-order valence-electron chi connectivity index (χ4n) is 4.48. The van der Waals surface area contributed by atoms with Crippen molar-refractivity contribution in [2.24, 2.45) is 10.9 Å². The summed E-state index contributed by atoms with van der Waals surface area (Å²) in [5, 5.41) is 14.4. The number of nitrogens with two attached hydrogens (primary N) is 1. The topological polar surface area (TPSA) is 133 Å². The normalized spacial score (nSPS) is 15.6. The van der Waals surface area contributed by atoms with Crippen LogP contribution >= 0.6 is 0 Å². The van der Waals surface area contributed by atoms with E-state index in [4.69, 9.17) is 16.2 Å². The highest BCUT2D eigenvalue weighted by Gasteiger charge is 2.25. The molecule has 5 rings (SSSR count). The van der Waals surface area contributed by atoms with Crippen LogP contribution in [0, 0.1) is 5.41 Å². The summed E-state index contributed by atoms with van der Waals surface area (Å²) < 4.78 is 0. The highest BCUT2D eigenvalue weighted by atomic mass is 16.2. The quantitative estimate of drug-likeness (QED) is 0.316. The molecule has 4 N–H and O–H groups in total. The highest BCUT2D eigenvalue weighted by molar-refractivity contribution is 6.37. The second-order valence-electron chi connectivity index (χ2n) is 8.28. The number of nitrogens with zero attached hydrogens (tertiary/aromatic N) is 5. The van der Waals surface area contributed by atoms with Crippen LogP contribution in [0.3, 0.4) is 0 Å². The molecule has 166 valence electrons. The van der Waals surface area contributed by atoms with Crippen LogP contribution < -0.4 is 11.2 Å². The smallest absolute Gasteiger partial charge is 0.255 e. The number of pyridine rings is 1. The summed E-state index contributed by atoms with van der Waals surface area (Å²) in [7, 11) is 0. The Morgan fingerprint density at radius 1 is 1.15 bits per heavy atom. The van der Waals surface area contributed by atoms with E-state index >= 15 is 0 Å². The number of hydrogen-bond acceptors (Lipinski definition) is 8. The van der Waals surface area contributed by atoms with Crippen LogP contribution in [0.1, 0.15) is 38.3 Å². The Morgan fingerprint density at radius 2 is 1.91 bits per heavy atom. The molecule has 9 nitrogen and oxygen atoms in total. The lowest BCUT2D eigenvalue weighted by atomic mass is 10.1. The average Bonchev–Trinajstić information content (AvgIpc) is 3.26. The van der Waals surface area contributed by atoms with Crippen molar-refractivity contribution < 1.29 is 4.79 Å². The first kappa shape index (κ1) is 20.7. The molecule has 2 aliphatic rings. The third kappa shape index (κ3) is 4.17. The Kier molecular flexibility index (Phi) is 5.52. The Balaban J connectivity index is 1.27. The number of carbonyl (C=O) groups excluding carboxylic acids is 1. The third-order valence-electron chi connectivity index (χ3n) is 6.16. The van der Waals surface area contributed by atoms with Gasteiger partial charge in [-0.2, -0.15) is 5.10 Å². The maximum Gasteiger partial charge on any atom is 0.255 e. The van der Waals surface area contributed by atoms with Crippen LogP contribution in [0.25, 0.3) is 0 Å². The van der Waals surface area contributed by atoms with Crippen molar-refractivity contribution >= 4 is 23.8 Å². The minimum atomic E-state index is -0.137. The van der Waals surface area contributed by atoms with E-state index in [0.29, 0.717) is 42.6 Å². The van der Waals surface area contributed by atoms with Crippen LogP contribution in [-0.2, 0) is 25.8 Å². The number of nitrogens with one attached hydrogen (secondary N) is 2. The predicted molar refractivity (Wildman–Crippen MR) is 125 cm³/mol. The van der Waals surface area contributed by atoms with Gasteiger partial charge in [0.2, 0.25) is 5.95 Å². The number of hydrogen-bond donors (Lipinski definition) is 3. The zero-order valence-corrected chi connectivity index (χ0v) is 18.0. The van der Waals surface area contributed by atoms with Crippen molar-refractivity contribution in [1.29, 1.82) is 5.41 Å². The zero-order chi connectivity index (χ0) is 22.8. The van der Waals surface area contributed by atoms with Gasteiger partial charge >= 0.3 is 0 Å². The van der Waals surface area contributed by atoms with E-state index in [1.807, 2.05) is 6.20 Å². The lowest BCUT2D eigenvalue weighted by Gasteiger charge is -2.28. The Bertz CT molecular complexity index is 1230. The molecule has 3 aromatic rings. The van der Waals surface area contributed by atoms with Gasteiger partial charge < -0.3 is 21.5 Å². The minimum Gasteiger partial charge on any atom is -0.351 e. The van der Waals surface area contributed by atoms with Gasteiger partial charge in [-0.3, -0.25) is 9.78 Å². The van der Waals surface area contributed by atoms with Crippen LogP contribution in [0.2, 0.25) is 0 Å². The second-order valence-corrected chi connectivity index (χ2v) is 8.28. The molecule has 1 aliphatic carbocycles. The van der Waals surface area contributed by atoms with Gasteiger partial charge in [-0.15, -0.1) is 0 Å². The number of amides is 1. The Labute approximate surface area is 191 Å². The van der Waals surface area contributed by atoms with Gasteiger partial charge in [-0.05, 0) is 30.0 Å². The van der Waals surface area contributed by atoms with E-state index in [1.165, 1.54) is 23.5 Å². The van der Waals surface area contributed by atoms with Crippen molar-refractivity contribution in [3.63, 3.8) is 0 Å². The standard InChI is InChI=1S/C24H24N8O/c25-10-22(31-26)17-7-18(12-27-11-17)23(33)32-6-5-21-19(14-32)13-28-24(30-21)29-20-8-15-3-1-2-4-16(15)9-20/h1-4,7,10-13,20,25H,5-6,8-9,14,26H2,(H,28,29,30)/b25-10?,31-22+. The molecular formula is C24H24N8O. The maximum atomic E-state index is 13.1. The summed E-state index contributed by atoms with van der Waals surface area (Å²) in [5.74, 6) is 5.82. The Hall–Kier alpha value is -4.14. The van der Waals surface area contributed by atoms with Crippen molar-refractivity contribution in [3.8, 4) is 0 Å². The molecule has 1 amide bonds. The summed E-state index contributed by atoms with van der Waals surface area (Å²) >= 11 is 0. The number of aromatic nitrogens is 3. The summed E-state index contributed by atoms with van der Waals surface area (Å²) in [6, 6.07) is 10.5. The van der Waals surface area contributed by atoms with Crippen LogP contribution in [-0.4, -0.2) is 50.3 Å². The molecule has 1 aromatic carbocycles. The lowest BCUT2D eigenvalue weighted by molar-refractivity contribution is 0.0733. The molecule has 3 heterocycles. The number of rotatable bonds is 5. The molecule has 0 saturated carbocycles. The number of carbonyl (C=O) groups is 1. The van der Waals surface area contributed by atoms with Crippen molar-refractivity contribution in [2.45, 2.75) is 31.8 Å². The van der Waals surface area contributed by atoms with Crippen LogP contribution in [0.15, 0.2) is 54.0 Å². The summed E-state index contributed by atoms with van der Waals surface area (Å²) in [6.45, 7) is 1.000. The molecule has 0 radical (unpaired) electrons. The lowest BCUT2D eigenvalue weighted by Crippen LogP contribution is -2.37. The zero-order valence-electron chi connectivity index (χ0n) is 18.0. The monoisotopic (exact) mass is 440 g/mol. The van der Waals surface area contributed by atoms with E-state index in [0.717, 1.165) is 30.3 Å².